The Balaban J connectivity index is 1.44. The summed E-state index contributed by atoms with van der Waals surface area (Å²) in [5.74, 6) is 0.997. The highest BCUT2D eigenvalue weighted by molar-refractivity contribution is 5.78. The zero-order valence-electron chi connectivity index (χ0n) is 16.8. The van der Waals surface area contributed by atoms with Crippen molar-refractivity contribution in [1.82, 2.24) is 20.1 Å². The second-order valence-electron chi connectivity index (χ2n) is 8.94. The molecule has 5 heteroatoms. The summed E-state index contributed by atoms with van der Waals surface area (Å²) in [7, 11) is 0. The van der Waals surface area contributed by atoms with E-state index < -0.39 is 0 Å². The lowest BCUT2D eigenvalue weighted by Gasteiger charge is -2.44. The van der Waals surface area contributed by atoms with Gasteiger partial charge in [-0.05, 0) is 76.2 Å². The Hall–Kier alpha value is -1.46. The van der Waals surface area contributed by atoms with Crippen LogP contribution in [0.4, 0.5) is 0 Å². The first kappa shape index (κ1) is 18.9. The molecule has 0 unspecified atom stereocenters. The number of aryl methyl sites for hydroxylation is 1. The molecular weight excluding hydrogens is 336 g/mol. The number of piperidine rings is 2. The molecule has 1 amide bonds. The summed E-state index contributed by atoms with van der Waals surface area (Å²) in [4.78, 5) is 21.6. The van der Waals surface area contributed by atoms with Crippen LogP contribution in [0.3, 0.4) is 0 Å². The van der Waals surface area contributed by atoms with E-state index in [-0.39, 0.29) is 5.41 Å². The molecule has 5 nitrogen and oxygen atoms in total. The van der Waals surface area contributed by atoms with Gasteiger partial charge in [0.05, 0.1) is 0 Å². The number of nitrogens with zero attached hydrogens (tertiary/aromatic N) is 3. The molecule has 3 aliphatic heterocycles. The van der Waals surface area contributed by atoms with Crippen LogP contribution >= 0.6 is 0 Å². The fraction of sp³-hybridized carbons (Fsp3) is 0.727. The predicted octanol–water partition coefficient (Wildman–Crippen LogP) is 2.35. The smallest absolute Gasteiger partial charge is 0.222 e. The van der Waals surface area contributed by atoms with Crippen molar-refractivity contribution in [3.63, 3.8) is 0 Å². The fourth-order valence-electron chi connectivity index (χ4n) is 5.26. The van der Waals surface area contributed by atoms with Crippen molar-refractivity contribution in [3.05, 3.63) is 29.6 Å². The summed E-state index contributed by atoms with van der Waals surface area (Å²) in [6.45, 7) is 9.63. The SMILES string of the molecule is Cc1ccc(C2(CN3CCC[C@@H](CN4CCCC4=O)C3)CCNCC2)nc1. The second kappa shape index (κ2) is 8.27. The second-order valence-corrected chi connectivity index (χ2v) is 8.94. The summed E-state index contributed by atoms with van der Waals surface area (Å²) in [5, 5.41) is 3.53. The molecule has 3 saturated heterocycles. The normalized spacial score (nSPS) is 26.5. The largest absolute Gasteiger partial charge is 0.342 e. The average Bonchev–Trinajstić information content (AvgIpc) is 3.08. The summed E-state index contributed by atoms with van der Waals surface area (Å²) in [6, 6.07) is 4.47. The molecule has 0 saturated carbocycles. The molecule has 4 rings (SSSR count). The van der Waals surface area contributed by atoms with E-state index in [2.05, 4.69) is 34.2 Å². The van der Waals surface area contributed by atoms with Crippen LogP contribution in [0.5, 0.6) is 0 Å². The van der Waals surface area contributed by atoms with E-state index in [1.807, 2.05) is 6.20 Å². The zero-order chi connectivity index (χ0) is 18.7. The standard InChI is InChI=1S/C22H34N4O/c1-18-6-7-20(24-14-18)22(8-10-23-11-9-22)17-25-12-2-4-19(15-25)16-26-13-3-5-21(26)27/h6-7,14,19,23H,2-5,8-13,15-17H2,1H3/t19-/m1/s1. The summed E-state index contributed by atoms with van der Waals surface area (Å²) < 4.78 is 0. The Morgan fingerprint density at radius 3 is 2.78 bits per heavy atom. The van der Waals surface area contributed by atoms with E-state index in [1.165, 1.54) is 30.6 Å². The van der Waals surface area contributed by atoms with Gasteiger partial charge >= 0.3 is 0 Å². The van der Waals surface area contributed by atoms with Crippen LogP contribution in [0, 0.1) is 12.8 Å². The van der Waals surface area contributed by atoms with Crippen LogP contribution in [0.25, 0.3) is 0 Å². The van der Waals surface area contributed by atoms with Gasteiger partial charge in [0.1, 0.15) is 0 Å². The van der Waals surface area contributed by atoms with Gasteiger partial charge < -0.3 is 15.1 Å². The third kappa shape index (κ3) is 4.35. The molecule has 0 bridgehead atoms. The Morgan fingerprint density at radius 2 is 2.07 bits per heavy atom. The number of rotatable bonds is 5. The van der Waals surface area contributed by atoms with E-state index in [0.29, 0.717) is 11.8 Å². The number of hydrogen-bond acceptors (Lipinski definition) is 4. The van der Waals surface area contributed by atoms with Crippen LogP contribution < -0.4 is 5.32 Å². The highest BCUT2D eigenvalue weighted by atomic mass is 16.2. The minimum absolute atomic E-state index is 0.171. The van der Waals surface area contributed by atoms with E-state index in [1.54, 1.807) is 0 Å². The molecule has 0 aliphatic carbocycles. The number of amides is 1. The highest BCUT2D eigenvalue weighted by Crippen LogP contribution is 2.34. The molecule has 0 aromatic carbocycles. The number of pyridine rings is 1. The van der Waals surface area contributed by atoms with Gasteiger partial charge in [-0.25, -0.2) is 0 Å². The Labute approximate surface area is 163 Å². The number of likely N-dealkylation sites (tertiary alicyclic amines) is 2. The monoisotopic (exact) mass is 370 g/mol. The van der Waals surface area contributed by atoms with Crippen LogP contribution in [0.2, 0.25) is 0 Å². The summed E-state index contributed by atoms with van der Waals surface area (Å²) in [6.07, 6.45) is 8.66. The first-order valence-corrected chi connectivity index (χ1v) is 10.8. The molecule has 1 aromatic heterocycles. The van der Waals surface area contributed by atoms with Crippen molar-refractivity contribution >= 4 is 5.91 Å². The third-order valence-electron chi connectivity index (χ3n) is 6.79. The molecule has 3 aliphatic rings. The molecule has 0 radical (unpaired) electrons. The van der Waals surface area contributed by atoms with Crippen LogP contribution in [-0.4, -0.2) is 66.5 Å². The Bertz CT molecular complexity index is 638. The third-order valence-corrected chi connectivity index (χ3v) is 6.79. The lowest BCUT2D eigenvalue weighted by atomic mass is 9.74. The molecule has 0 spiro atoms. The number of nitrogens with one attached hydrogen (secondary N) is 1. The minimum Gasteiger partial charge on any atom is -0.342 e. The van der Waals surface area contributed by atoms with E-state index in [0.717, 1.165) is 65.0 Å². The average molecular weight is 371 g/mol. The number of carbonyl (C=O) groups is 1. The molecule has 1 atom stereocenters. The first-order valence-electron chi connectivity index (χ1n) is 10.8. The van der Waals surface area contributed by atoms with E-state index >= 15 is 0 Å². The van der Waals surface area contributed by atoms with E-state index in [9.17, 15) is 4.79 Å². The molecule has 3 fully saturated rings. The first-order chi connectivity index (χ1) is 13.1. The van der Waals surface area contributed by atoms with Gasteiger partial charge in [-0.1, -0.05) is 6.07 Å². The molecule has 4 heterocycles. The molecule has 148 valence electrons. The van der Waals surface area contributed by atoms with Gasteiger partial charge in [-0.15, -0.1) is 0 Å². The lowest BCUT2D eigenvalue weighted by Crippen LogP contribution is -2.51. The topological polar surface area (TPSA) is 48.5 Å². The van der Waals surface area contributed by atoms with Crippen molar-refractivity contribution < 1.29 is 4.79 Å². The molecular formula is C22H34N4O. The number of carbonyl (C=O) groups excluding carboxylic acids is 1. The minimum atomic E-state index is 0.171. The Morgan fingerprint density at radius 1 is 1.22 bits per heavy atom. The number of hydrogen-bond donors (Lipinski definition) is 1. The van der Waals surface area contributed by atoms with Gasteiger partial charge in [-0.3, -0.25) is 9.78 Å². The van der Waals surface area contributed by atoms with Crippen LogP contribution in [0.1, 0.15) is 49.8 Å². The molecule has 27 heavy (non-hydrogen) atoms. The van der Waals surface area contributed by atoms with Crippen molar-refractivity contribution in [1.29, 1.82) is 0 Å². The number of aromatic nitrogens is 1. The summed E-state index contributed by atoms with van der Waals surface area (Å²) in [5.41, 5.74) is 2.67. The van der Waals surface area contributed by atoms with Gasteiger partial charge in [-0.2, -0.15) is 0 Å². The van der Waals surface area contributed by atoms with Crippen molar-refractivity contribution in [3.8, 4) is 0 Å². The maximum Gasteiger partial charge on any atom is 0.222 e. The highest BCUT2D eigenvalue weighted by Gasteiger charge is 2.38. The van der Waals surface area contributed by atoms with Crippen molar-refractivity contribution in [2.75, 3.05) is 45.8 Å². The maximum atomic E-state index is 12.0. The van der Waals surface area contributed by atoms with Crippen LogP contribution in [0.15, 0.2) is 18.3 Å². The van der Waals surface area contributed by atoms with Gasteiger partial charge in [0.15, 0.2) is 0 Å². The zero-order valence-corrected chi connectivity index (χ0v) is 16.8. The lowest BCUT2D eigenvalue weighted by molar-refractivity contribution is -0.128. The Kier molecular flexibility index (Phi) is 5.79. The fourth-order valence-corrected chi connectivity index (χ4v) is 5.26. The van der Waals surface area contributed by atoms with E-state index in [4.69, 9.17) is 4.98 Å². The summed E-state index contributed by atoms with van der Waals surface area (Å²) >= 11 is 0. The molecule has 1 aromatic rings. The molecule has 1 N–H and O–H groups in total. The van der Waals surface area contributed by atoms with Gasteiger partial charge in [0.2, 0.25) is 5.91 Å². The van der Waals surface area contributed by atoms with Crippen LogP contribution in [-0.2, 0) is 10.2 Å². The predicted molar refractivity (Wildman–Crippen MR) is 108 cm³/mol. The van der Waals surface area contributed by atoms with Crippen molar-refractivity contribution in [2.24, 2.45) is 5.92 Å². The van der Waals surface area contributed by atoms with Gasteiger partial charge in [0.25, 0.3) is 0 Å². The quantitative estimate of drug-likeness (QED) is 0.864. The van der Waals surface area contributed by atoms with Crippen molar-refractivity contribution in [2.45, 2.75) is 50.9 Å². The van der Waals surface area contributed by atoms with Gasteiger partial charge in [0, 0.05) is 49.9 Å². The maximum absolute atomic E-state index is 12.0.